The van der Waals surface area contributed by atoms with Gasteiger partial charge in [-0.05, 0) is 41.0 Å². The Kier molecular flexibility index (Phi) is 5.25. The Balaban J connectivity index is 1.89. The van der Waals surface area contributed by atoms with E-state index in [2.05, 4.69) is 24.3 Å². The van der Waals surface area contributed by atoms with Crippen LogP contribution in [0.2, 0.25) is 0 Å². The SMILES string of the molecule is COc1ccc(C2(c3ccccc3)C=CC=CC2c2ccc(C(F)(F)F)cc2)cc1. The highest BCUT2D eigenvalue weighted by molar-refractivity contribution is 5.54. The predicted octanol–water partition coefficient (Wildman–Crippen LogP) is 6.91. The maximum Gasteiger partial charge on any atom is 0.416 e. The molecule has 0 heterocycles. The van der Waals surface area contributed by atoms with E-state index < -0.39 is 17.2 Å². The molecule has 152 valence electrons. The van der Waals surface area contributed by atoms with Gasteiger partial charge in [-0.15, -0.1) is 0 Å². The Morgan fingerprint density at radius 1 is 0.767 bits per heavy atom. The van der Waals surface area contributed by atoms with Crippen LogP contribution in [-0.2, 0) is 11.6 Å². The molecule has 0 radical (unpaired) electrons. The first kappa shape index (κ1) is 20.0. The van der Waals surface area contributed by atoms with Crippen molar-refractivity contribution >= 4 is 0 Å². The smallest absolute Gasteiger partial charge is 0.416 e. The molecule has 0 aromatic heterocycles. The molecule has 0 bridgehead atoms. The van der Waals surface area contributed by atoms with Gasteiger partial charge in [-0.2, -0.15) is 13.2 Å². The molecule has 0 spiro atoms. The molecule has 0 aliphatic heterocycles. The second-order valence-electron chi connectivity index (χ2n) is 7.30. The number of hydrogen-bond acceptors (Lipinski definition) is 1. The molecule has 0 amide bonds. The van der Waals surface area contributed by atoms with E-state index in [-0.39, 0.29) is 5.92 Å². The first-order valence-electron chi connectivity index (χ1n) is 9.68. The molecule has 0 saturated carbocycles. The summed E-state index contributed by atoms with van der Waals surface area (Å²) in [6.45, 7) is 0. The molecule has 0 saturated heterocycles. The number of hydrogen-bond donors (Lipinski definition) is 0. The van der Waals surface area contributed by atoms with Crippen molar-refractivity contribution in [3.63, 3.8) is 0 Å². The highest BCUT2D eigenvalue weighted by atomic mass is 19.4. The summed E-state index contributed by atoms with van der Waals surface area (Å²) in [5, 5.41) is 0. The number of ether oxygens (including phenoxy) is 1. The minimum atomic E-state index is -4.35. The number of alkyl halides is 3. The van der Waals surface area contributed by atoms with Crippen LogP contribution in [0.15, 0.2) is 103 Å². The number of allylic oxidation sites excluding steroid dienone is 4. The van der Waals surface area contributed by atoms with Crippen molar-refractivity contribution < 1.29 is 17.9 Å². The normalized spacial score (nSPS) is 20.9. The van der Waals surface area contributed by atoms with Crippen LogP contribution in [0, 0.1) is 0 Å². The maximum absolute atomic E-state index is 13.1. The van der Waals surface area contributed by atoms with E-state index in [9.17, 15) is 13.2 Å². The van der Waals surface area contributed by atoms with Crippen molar-refractivity contribution in [2.75, 3.05) is 7.11 Å². The molecular weight excluding hydrogens is 385 g/mol. The third kappa shape index (κ3) is 3.54. The lowest BCUT2D eigenvalue weighted by Crippen LogP contribution is -2.33. The van der Waals surface area contributed by atoms with E-state index in [1.165, 1.54) is 0 Å². The van der Waals surface area contributed by atoms with Gasteiger partial charge in [0.15, 0.2) is 0 Å². The fourth-order valence-electron chi connectivity index (χ4n) is 4.19. The molecule has 30 heavy (non-hydrogen) atoms. The van der Waals surface area contributed by atoms with Crippen molar-refractivity contribution in [3.05, 3.63) is 125 Å². The topological polar surface area (TPSA) is 9.23 Å². The summed E-state index contributed by atoms with van der Waals surface area (Å²) in [5.74, 6) is 0.587. The molecule has 0 N–H and O–H groups in total. The van der Waals surface area contributed by atoms with Gasteiger partial charge in [0.05, 0.1) is 12.7 Å². The minimum absolute atomic E-state index is 0.166. The highest BCUT2D eigenvalue weighted by Crippen LogP contribution is 2.49. The fraction of sp³-hybridized carbons (Fsp3) is 0.154. The summed E-state index contributed by atoms with van der Waals surface area (Å²) in [4.78, 5) is 0. The molecule has 0 fully saturated rings. The largest absolute Gasteiger partial charge is 0.497 e. The lowest BCUT2D eigenvalue weighted by molar-refractivity contribution is -0.137. The van der Waals surface area contributed by atoms with Gasteiger partial charge in [-0.1, -0.05) is 78.9 Å². The zero-order chi connectivity index (χ0) is 21.2. The van der Waals surface area contributed by atoms with Crippen LogP contribution >= 0.6 is 0 Å². The van der Waals surface area contributed by atoms with Gasteiger partial charge in [0, 0.05) is 11.3 Å². The molecule has 3 aromatic rings. The zero-order valence-electron chi connectivity index (χ0n) is 16.4. The van der Waals surface area contributed by atoms with Crippen molar-refractivity contribution in [2.45, 2.75) is 17.5 Å². The number of methoxy groups -OCH3 is 1. The van der Waals surface area contributed by atoms with Crippen LogP contribution in [0.1, 0.15) is 28.2 Å². The van der Waals surface area contributed by atoms with Crippen LogP contribution in [0.3, 0.4) is 0 Å². The molecule has 4 rings (SSSR count). The van der Waals surface area contributed by atoms with Gasteiger partial charge in [-0.25, -0.2) is 0 Å². The Bertz CT molecular complexity index is 1050. The summed E-state index contributed by atoms with van der Waals surface area (Å²) in [6.07, 6.45) is 3.78. The highest BCUT2D eigenvalue weighted by Gasteiger charge is 2.41. The molecule has 1 nitrogen and oxygen atoms in total. The summed E-state index contributed by atoms with van der Waals surface area (Å²) in [7, 11) is 1.62. The lowest BCUT2D eigenvalue weighted by Gasteiger charge is -2.40. The monoisotopic (exact) mass is 406 g/mol. The van der Waals surface area contributed by atoms with E-state index >= 15 is 0 Å². The second-order valence-corrected chi connectivity index (χ2v) is 7.30. The lowest BCUT2D eigenvalue weighted by atomic mass is 9.62. The summed E-state index contributed by atoms with van der Waals surface area (Å²) < 4.78 is 44.5. The van der Waals surface area contributed by atoms with E-state index in [1.807, 2.05) is 54.6 Å². The molecule has 2 atom stereocenters. The third-order valence-corrected chi connectivity index (χ3v) is 5.68. The average molecular weight is 406 g/mol. The Labute approximate surface area is 174 Å². The van der Waals surface area contributed by atoms with Crippen molar-refractivity contribution in [1.29, 1.82) is 0 Å². The van der Waals surface area contributed by atoms with Crippen molar-refractivity contribution in [2.24, 2.45) is 0 Å². The summed E-state index contributed by atoms with van der Waals surface area (Å²) in [5.41, 5.74) is 1.74. The number of benzene rings is 3. The zero-order valence-corrected chi connectivity index (χ0v) is 16.4. The molecule has 1 aliphatic carbocycles. The molecule has 2 unspecified atom stereocenters. The van der Waals surface area contributed by atoms with Crippen LogP contribution in [0.5, 0.6) is 5.75 Å². The van der Waals surface area contributed by atoms with Gasteiger partial charge in [0.25, 0.3) is 0 Å². The van der Waals surface area contributed by atoms with Crippen molar-refractivity contribution in [3.8, 4) is 5.75 Å². The van der Waals surface area contributed by atoms with Gasteiger partial charge in [0.1, 0.15) is 5.75 Å². The summed E-state index contributed by atoms with van der Waals surface area (Å²) in [6, 6.07) is 23.4. The van der Waals surface area contributed by atoms with E-state index in [0.29, 0.717) is 0 Å². The first-order valence-corrected chi connectivity index (χ1v) is 9.68. The Hall–Kier alpha value is -3.27. The molecule has 4 heteroatoms. The quantitative estimate of drug-likeness (QED) is 0.457. The average Bonchev–Trinajstić information content (AvgIpc) is 2.79. The van der Waals surface area contributed by atoms with Crippen LogP contribution < -0.4 is 4.74 Å². The van der Waals surface area contributed by atoms with E-state index in [0.717, 1.165) is 34.6 Å². The minimum Gasteiger partial charge on any atom is -0.497 e. The standard InChI is InChI=1S/C26H21F3O/c1-30-23-16-14-21(15-17-23)25(20-7-3-2-4-8-20)18-6-5-9-24(25)19-10-12-22(13-11-19)26(27,28)29/h2-18,24H,1H3. The number of rotatable bonds is 4. The van der Waals surface area contributed by atoms with Crippen LogP contribution in [0.4, 0.5) is 13.2 Å². The van der Waals surface area contributed by atoms with Gasteiger partial charge in [0.2, 0.25) is 0 Å². The van der Waals surface area contributed by atoms with Crippen LogP contribution in [0.25, 0.3) is 0 Å². The Morgan fingerprint density at radius 3 is 2.00 bits per heavy atom. The van der Waals surface area contributed by atoms with Gasteiger partial charge in [-0.3, -0.25) is 0 Å². The molecule has 1 aliphatic rings. The first-order chi connectivity index (χ1) is 14.4. The molecular formula is C26H21F3O. The fourth-order valence-corrected chi connectivity index (χ4v) is 4.19. The van der Waals surface area contributed by atoms with E-state index in [1.54, 1.807) is 19.2 Å². The Morgan fingerprint density at radius 2 is 1.40 bits per heavy atom. The van der Waals surface area contributed by atoms with E-state index in [4.69, 9.17) is 4.74 Å². The van der Waals surface area contributed by atoms with Gasteiger partial charge >= 0.3 is 6.18 Å². The van der Waals surface area contributed by atoms with Crippen molar-refractivity contribution in [1.82, 2.24) is 0 Å². The summed E-state index contributed by atoms with van der Waals surface area (Å²) >= 11 is 0. The number of halogens is 3. The predicted molar refractivity (Wildman–Crippen MR) is 113 cm³/mol. The maximum atomic E-state index is 13.1. The van der Waals surface area contributed by atoms with Gasteiger partial charge < -0.3 is 4.74 Å². The third-order valence-electron chi connectivity index (χ3n) is 5.68. The second kappa shape index (κ2) is 7.86. The molecule has 3 aromatic carbocycles. The van der Waals surface area contributed by atoms with Crippen LogP contribution in [-0.4, -0.2) is 7.11 Å².